The van der Waals surface area contributed by atoms with E-state index in [4.69, 9.17) is 28.3 Å². The minimum absolute atomic E-state index is 0.112. The molecule has 1 aliphatic heterocycles. The summed E-state index contributed by atoms with van der Waals surface area (Å²) in [6, 6.07) is 4.68. The molecule has 0 aromatic heterocycles. The lowest BCUT2D eigenvalue weighted by atomic mass is 10.2. The number of hydrogen-bond donors (Lipinski definition) is 1. The number of amides is 1. The number of rotatable bonds is 5. The van der Waals surface area contributed by atoms with Gasteiger partial charge < -0.3 is 10.0 Å². The highest BCUT2D eigenvalue weighted by atomic mass is 35.5. The summed E-state index contributed by atoms with van der Waals surface area (Å²) < 4.78 is 0. The number of carbonyl (C=O) groups is 2. The molecule has 120 valence electrons. The van der Waals surface area contributed by atoms with Gasteiger partial charge in [-0.15, -0.1) is 0 Å². The minimum Gasteiger partial charge on any atom is -0.480 e. The van der Waals surface area contributed by atoms with Crippen molar-refractivity contribution in [1.29, 1.82) is 0 Å². The SMILES string of the molecule is CN(Cc1ccc(Cl)c(Cl)c1)C(=O)CN1CCC[C@H]1C(=O)O. The Morgan fingerprint density at radius 1 is 1.36 bits per heavy atom. The highest BCUT2D eigenvalue weighted by Gasteiger charge is 2.32. The number of benzene rings is 1. The molecule has 0 radical (unpaired) electrons. The van der Waals surface area contributed by atoms with Crippen LogP contribution >= 0.6 is 23.2 Å². The molecule has 7 heteroatoms. The van der Waals surface area contributed by atoms with Crippen LogP contribution in [0.3, 0.4) is 0 Å². The summed E-state index contributed by atoms with van der Waals surface area (Å²) in [5.41, 5.74) is 0.876. The average Bonchev–Trinajstić information content (AvgIpc) is 2.91. The van der Waals surface area contributed by atoms with Crippen molar-refractivity contribution in [3.05, 3.63) is 33.8 Å². The van der Waals surface area contributed by atoms with Crippen molar-refractivity contribution >= 4 is 35.1 Å². The summed E-state index contributed by atoms with van der Waals surface area (Å²) >= 11 is 11.8. The number of hydrogen-bond acceptors (Lipinski definition) is 3. The number of likely N-dealkylation sites (tertiary alicyclic amines) is 1. The highest BCUT2D eigenvalue weighted by molar-refractivity contribution is 6.42. The van der Waals surface area contributed by atoms with Crippen LogP contribution in [0.25, 0.3) is 0 Å². The van der Waals surface area contributed by atoms with Crippen molar-refractivity contribution in [3.8, 4) is 0 Å². The van der Waals surface area contributed by atoms with E-state index >= 15 is 0 Å². The molecule has 1 N–H and O–H groups in total. The smallest absolute Gasteiger partial charge is 0.320 e. The van der Waals surface area contributed by atoms with E-state index in [2.05, 4.69) is 0 Å². The topological polar surface area (TPSA) is 60.9 Å². The molecule has 1 aromatic rings. The van der Waals surface area contributed by atoms with Crippen LogP contribution in [0.2, 0.25) is 10.0 Å². The van der Waals surface area contributed by atoms with Gasteiger partial charge >= 0.3 is 5.97 Å². The van der Waals surface area contributed by atoms with E-state index in [0.29, 0.717) is 29.6 Å². The standard InChI is InChI=1S/C15H18Cl2N2O3/c1-18(8-10-4-5-11(16)12(17)7-10)14(20)9-19-6-2-3-13(19)15(21)22/h4-5,7,13H,2-3,6,8-9H2,1H3,(H,21,22)/t13-/m0/s1. The molecule has 0 saturated carbocycles. The second-order valence-corrected chi connectivity index (χ2v) is 6.28. The Hall–Kier alpha value is -1.30. The van der Waals surface area contributed by atoms with Crippen molar-refractivity contribution in [1.82, 2.24) is 9.80 Å². The first-order valence-electron chi connectivity index (χ1n) is 7.03. The molecule has 1 amide bonds. The Bertz CT molecular complexity index is 580. The maximum Gasteiger partial charge on any atom is 0.320 e. The molecule has 1 atom stereocenters. The molecule has 0 aliphatic carbocycles. The van der Waals surface area contributed by atoms with Gasteiger partial charge in [0.2, 0.25) is 5.91 Å². The molecule has 0 unspecified atom stereocenters. The van der Waals surface area contributed by atoms with Crippen molar-refractivity contribution < 1.29 is 14.7 Å². The largest absolute Gasteiger partial charge is 0.480 e. The van der Waals surface area contributed by atoms with E-state index in [1.165, 1.54) is 0 Å². The summed E-state index contributed by atoms with van der Waals surface area (Å²) in [5, 5.41) is 10.1. The third kappa shape index (κ3) is 4.12. The van der Waals surface area contributed by atoms with Gasteiger partial charge in [0.05, 0.1) is 16.6 Å². The number of aliphatic carboxylic acids is 1. The first-order valence-corrected chi connectivity index (χ1v) is 7.79. The van der Waals surface area contributed by atoms with Crippen LogP contribution in [-0.4, -0.2) is 53.0 Å². The van der Waals surface area contributed by atoms with Crippen LogP contribution in [-0.2, 0) is 16.1 Å². The Morgan fingerprint density at radius 3 is 2.73 bits per heavy atom. The summed E-state index contributed by atoms with van der Waals surface area (Å²) in [5.74, 6) is -0.975. The summed E-state index contributed by atoms with van der Waals surface area (Å²) in [4.78, 5) is 26.7. The molecule has 0 bridgehead atoms. The maximum atomic E-state index is 12.3. The first kappa shape index (κ1) is 17.1. The zero-order valence-corrected chi connectivity index (χ0v) is 13.8. The van der Waals surface area contributed by atoms with Gasteiger partial charge in [-0.3, -0.25) is 14.5 Å². The lowest BCUT2D eigenvalue weighted by Gasteiger charge is -2.24. The van der Waals surface area contributed by atoms with Gasteiger partial charge in [0, 0.05) is 13.6 Å². The van der Waals surface area contributed by atoms with Crippen LogP contribution in [0.4, 0.5) is 0 Å². The van der Waals surface area contributed by atoms with Crippen molar-refractivity contribution in [3.63, 3.8) is 0 Å². The van der Waals surface area contributed by atoms with Crippen LogP contribution in [0.15, 0.2) is 18.2 Å². The number of nitrogens with zero attached hydrogens (tertiary/aromatic N) is 2. The number of carboxylic acids is 1. The monoisotopic (exact) mass is 344 g/mol. The van der Waals surface area contributed by atoms with Crippen LogP contribution in [0, 0.1) is 0 Å². The van der Waals surface area contributed by atoms with E-state index < -0.39 is 12.0 Å². The molecule has 0 spiro atoms. The fourth-order valence-corrected chi connectivity index (χ4v) is 2.91. The zero-order chi connectivity index (χ0) is 16.3. The average molecular weight is 345 g/mol. The quantitative estimate of drug-likeness (QED) is 0.891. The molecular formula is C15H18Cl2N2O3. The minimum atomic E-state index is -0.863. The summed E-state index contributed by atoms with van der Waals surface area (Å²) in [6.45, 7) is 1.17. The van der Waals surface area contributed by atoms with Gasteiger partial charge in [0.1, 0.15) is 6.04 Å². The molecule has 5 nitrogen and oxygen atoms in total. The van der Waals surface area contributed by atoms with E-state index in [1.807, 2.05) is 6.07 Å². The lowest BCUT2D eigenvalue weighted by Crippen LogP contribution is -2.43. The molecule has 1 heterocycles. The van der Waals surface area contributed by atoms with Gasteiger partial charge in [0.25, 0.3) is 0 Å². The van der Waals surface area contributed by atoms with Crippen molar-refractivity contribution in [2.24, 2.45) is 0 Å². The van der Waals surface area contributed by atoms with Crippen LogP contribution < -0.4 is 0 Å². The van der Waals surface area contributed by atoms with Gasteiger partial charge in [0.15, 0.2) is 0 Å². The van der Waals surface area contributed by atoms with Gasteiger partial charge in [-0.1, -0.05) is 29.3 Å². The van der Waals surface area contributed by atoms with Crippen molar-refractivity contribution in [2.45, 2.75) is 25.4 Å². The number of halogens is 2. The predicted molar refractivity (Wildman–Crippen MR) is 85.2 cm³/mol. The number of likely N-dealkylation sites (N-methyl/N-ethyl adjacent to an activating group) is 1. The van der Waals surface area contributed by atoms with E-state index in [0.717, 1.165) is 12.0 Å². The fraction of sp³-hybridized carbons (Fsp3) is 0.467. The third-order valence-electron chi connectivity index (χ3n) is 3.82. The van der Waals surface area contributed by atoms with Crippen LogP contribution in [0.1, 0.15) is 18.4 Å². The second-order valence-electron chi connectivity index (χ2n) is 5.47. The maximum absolute atomic E-state index is 12.3. The van der Waals surface area contributed by atoms with Crippen molar-refractivity contribution in [2.75, 3.05) is 20.1 Å². The zero-order valence-electron chi connectivity index (χ0n) is 12.3. The van der Waals surface area contributed by atoms with Gasteiger partial charge in [-0.25, -0.2) is 0 Å². The summed E-state index contributed by atoms with van der Waals surface area (Å²) in [7, 11) is 1.69. The lowest BCUT2D eigenvalue weighted by molar-refractivity contribution is -0.143. The van der Waals surface area contributed by atoms with E-state index in [9.17, 15) is 9.59 Å². The molecule has 1 saturated heterocycles. The van der Waals surface area contributed by atoms with Crippen LogP contribution in [0.5, 0.6) is 0 Å². The Kier molecular flexibility index (Phi) is 5.67. The molecule has 1 fully saturated rings. The third-order valence-corrected chi connectivity index (χ3v) is 4.56. The second kappa shape index (κ2) is 7.31. The van der Waals surface area contributed by atoms with Gasteiger partial charge in [-0.05, 0) is 37.1 Å². The molecule has 1 aliphatic rings. The highest BCUT2D eigenvalue weighted by Crippen LogP contribution is 2.23. The molecule has 2 rings (SSSR count). The molecule has 22 heavy (non-hydrogen) atoms. The fourth-order valence-electron chi connectivity index (χ4n) is 2.59. The molecular weight excluding hydrogens is 327 g/mol. The van der Waals surface area contributed by atoms with E-state index in [-0.39, 0.29) is 12.5 Å². The number of carboxylic acid groups (broad SMARTS) is 1. The van der Waals surface area contributed by atoms with Gasteiger partial charge in [-0.2, -0.15) is 0 Å². The number of carbonyl (C=O) groups excluding carboxylic acids is 1. The normalized spacial score (nSPS) is 18.4. The predicted octanol–water partition coefficient (Wildman–Crippen LogP) is 2.50. The Labute approximate surface area is 139 Å². The van der Waals surface area contributed by atoms with E-state index in [1.54, 1.807) is 29.0 Å². The summed E-state index contributed by atoms with van der Waals surface area (Å²) in [6.07, 6.45) is 1.40. The molecule has 1 aromatic carbocycles. The Balaban J connectivity index is 1.94. The first-order chi connectivity index (χ1) is 10.4. The Morgan fingerprint density at radius 2 is 2.09 bits per heavy atom.